The minimum absolute atomic E-state index is 0.0658. The van der Waals surface area contributed by atoms with Crippen LogP contribution in [0.15, 0.2) is 96.1 Å². The van der Waals surface area contributed by atoms with E-state index in [1.807, 2.05) is 91.9 Å². The van der Waals surface area contributed by atoms with Gasteiger partial charge in [0, 0.05) is 0 Å². The number of aliphatic hydroxyl groups is 1. The van der Waals surface area contributed by atoms with Gasteiger partial charge in [0.05, 0.1) is 26.1 Å². The van der Waals surface area contributed by atoms with E-state index in [2.05, 4.69) is 15.3 Å². The van der Waals surface area contributed by atoms with Gasteiger partial charge in [0.15, 0.2) is 11.2 Å². The first-order chi connectivity index (χ1) is 19.5. The molecule has 0 unspecified atom stereocenters. The van der Waals surface area contributed by atoms with Crippen LogP contribution in [0.3, 0.4) is 0 Å². The van der Waals surface area contributed by atoms with Gasteiger partial charge in [-0.25, -0.2) is 4.98 Å². The van der Waals surface area contributed by atoms with E-state index in [-0.39, 0.29) is 41.9 Å². The summed E-state index contributed by atoms with van der Waals surface area (Å²) in [4.78, 5) is 25.4. The molecule has 5 aromatic rings. The van der Waals surface area contributed by atoms with Crippen molar-refractivity contribution in [2.24, 2.45) is 5.92 Å². The molecule has 0 radical (unpaired) electrons. The Kier molecular flexibility index (Phi) is 6.83. The normalized spacial score (nSPS) is 19.1. The van der Waals surface area contributed by atoms with E-state index in [9.17, 15) is 9.90 Å². The van der Waals surface area contributed by atoms with E-state index < -0.39 is 5.54 Å². The second kappa shape index (κ2) is 10.6. The molecule has 6 rings (SSSR count). The number of nitrogens with zero attached hydrogens (tertiary/aromatic N) is 3. The molecule has 9 nitrogen and oxygen atoms in total. The van der Waals surface area contributed by atoms with Gasteiger partial charge in [-0.3, -0.25) is 14.3 Å². The van der Waals surface area contributed by atoms with Crippen LogP contribution in [0.25, 0.3) is 11.2 Å². The second-order valence-corrected chi connectivity index (χ2v) is 10.1. The number of anilines is 1. The Labute approximate surface area is 231 Å². The van der Waals surface area contributed by atoms with E-state index in [0.717, 1.165) is 22.4 Å². The molecule has 204 valence electrons. The molecule has 9 heteroatoms. The SMILES string of the molecule is COc1ccc(C(Nc2nc3c(ncn3[C@H]3C[C@H](C)[C@@H](CO)O3)c(=O)[nH]2)(c2ccccc2)c2ccccc2)cc1. The Morgan fingerprint density at radius 3 is 2.23 bits per heavy atom. The lowest BCUT2D eigenvalue weighted by Crippen LogP contribution is -2.39. The molecule has 0 spiro atoms. The smallest absolute Gasteiger partial charge is 0.280 e. The lowest BCUT2D eigenvalue weighted by molar-refractivity contribution is -0.0277. The molecule has 1 aliphatic rings. The molecular weight excluding hydrogens is 506 g/mol. The van der Waals surface area contributed by atoms with Crippen molar-refractivity contribution in [1.29, 1.82) is 0 Å². The number of H-pyrrole nitrogens is 1. The Balaban J connectivity index is 1.53. The number of methoxy groups -OCH3 is 1. The van der Waals surface area contributed by atoms with E-state index in [0.29, 0.717) is 12.1 Å². The Hall–Kier alpha value is -4.47. The molecule has 3 atom stereocenters. The number of hydrogen-bond acceptors (Lipinski definition) is 7. The highest BCUT2D eigenvalue weighted by Crippen LogP contribution is 2.40. The predicted molar refractivity (Wildman–Crippen MR) is 152 cm³/mol. The zero-order valence-electron chi connectivity index (χ0n) is 22.3. The molecule has 1 aliphatic heterocycles. The fourth-order valence-corrected chi connectivity index (χ4v) is 5.57. The summed E-state index contributed by atoms with van der Waals surface area (Å²) in [5.41, 5.74) is 2.21. The van der Waals surface area contributed by atoms with Crippen molar-refractivity contribution in [3.8, 4) is 5.75 Å². The van der Waals surface area contributed by atoms with Crippen molar-refractivity contribution in [3.63, 3.8) is 0 Å². The van der Waals surface area contributed by atoms with Crippen LogP contribution in [0, 0.1) is 5.92 Å². The minimum Gasteiger partial charge on any atom is -0.497 e. The van der Waals surface area contributed by atoms with Crippen LogP contribution in [0.2, 0.25) is 0 Å². The van der Waals surface area contributed by atoms with Crippen LogP contribution in [0.1, 0.15) is 36.3 Å². The molecule has 3 N–H and O–H groups in total. The summed E-state index contributed by atoms with van der Waals surface area (Å²) < 4.78 is 13.3. The lowest BCUT2D eigenvalue weighted by atomic mass is 9.77. The monoisotopic (exact) mass is 537 g/mol. The third-order valence-corrected chi connectivity index (χ3v) is 7.71. The summed E-state index contributed by atoms with van der Waals surface area (Å²) in [7, 11) is 1.64. The number of aromatic amines is 1. The first-order valence-electron chi connectivity index (χ1n) is 13.3. The summed E-state index contributed by atoms with van der Waals surface area (Å²) in [5, 5.41) is 13.3. The van der Waals surface area contributed by atoms with E-state index in [1.165, 1.54) is 0 Å². The zero-order valence-corrected chi connectivity index (χ0v) is 22.3. The summed E-state index contributed by atoms with van der Waals surface area (Å²) in [6.45, 7) is 1.97. The lowest BCUT2D eigenvalue weighted by Gasteiger charge is -2.37. The number of aromatic nitrogens is 4. The second-order valence-electron chi connectivity index (χ2n) is 10.1. The summed E-state index contributed by atoms with van der Waals surface area (Å²) in [6, 6.07) is 28.0. The van der Waals surface area contributed by atoms with E-state index in [4.69, 9.17) is 14.5 Å². The molecule has 0 aliphatic carbocycles. The molecule has 3 heterocycles. The molecule has 3 aromatic carbocycles. The van der Waals surface area contributed by atoms with Gasteiger partial charge < -0.3 is 19.9 Å². The van der Waals surface area contributed by atoms with E-state index >= 15 is 0 Å². The topological polar surface area (TPSA) is 114 Å². The number of hydrogen-bond donors (Lipinski definition) is 3. The maximum absolute atomic E-state index is 13.3. The fourth-order valence-electron chi connectivity index (χ4n) is 5.57. The van der Waals surface area contributed by atoms with Crippen molar-refractivity contribution in [2.75, 3.05) is 19.0 Å². The number of rotatable bonds is 8. The first-order valence-corrected chi connectivity index (χ1v) is 13.3. The molecule has 2 aromatic heterocycles. The number of fused-ring (bicyclic) bond motifs is 1. The summed E-state index contributed by atoms with van der Waals surface area (Å²) in [6.07, 6.45) is 1.60. The van der Waals surface area contributed by atoms with Crippen LogP contribution in [0.5, 0.6) is 5.75 Å². The third-order valence-electron chi connectivity index (χ3n) is 7.71. The van der Waals surface area contributed by atoms with Crippen molar-refractivity contribution in [3.05, 3.63) is 118 Å². The first kappa shape index (κ1) is 25.8. The molecule has 1 fully saturated rings. The van der Waals surface area contributed by atoms with Crippen molar-refractivity contribution >= 4 is 17.1 Å². The maximum Gasteiger partial charge on any atom is 0.280 e. The minimum atomic E-state index is -0.913. The van der Waals surface area contributed by atoms with Crippen molar-refractivity contribution in [1.82, 2.24) is 19.5 Å². The Morgan fingerprint density at radius 1 is 1.02 bits per heavy atom. The maximum atomic E-state index is 13.3. The summed E-state index contributed by atoms with van der Waals surface area (Å²) >= 11 is 0. The average molecular weight is 538 g/mol. The quantitative estimate of drug-likeness (QED) is 0.251. The number of aliphatic hydroxyl groups excluding tert-OH is 1. The molecule has 40 heavy (non-hydrogen) atoms. The van der Waals surface area contributed by atoms with Gasteiger partial charge in [0.1, 0.15) is 17.5 Å². The number of benzene rings is 3. The van der Waals surface area contributed by atoms with Crippen LogP contribution >= 0.6 is 0 Å². The van der Waals surface area contributed by atoms with Gasteiger partial charge >= 0.3 is 0 Å². The average Bonchev–Trinajstić information content (AvgIpc) is 3.60. The van der Waals surface area contributed by atoms with Gasteiger partial charge in [0.2, 0.25) is 5.95 Å². The van der Waals surface area contributed by atoms with Gasteiger partial charge in [-0.1, -0.05) is 79.7 Å². The van der Waals surface area contributed by atoms with Crippen LogP contribution in [-0.4, -0.2) is 44.4 Å². The van der Waals surface area contributed by atoms with E-state index in [1.54, 1.807) is 18.0 Å². The van der Waals surface area contributed by atoms with Crippen LogP contribution in [0.4, 0.5) is 5.95 Å². The number of nitrogens with one attached hydrogen (secondary N) is 2. The molecule has 1 saturated heterocycles. The highest BCUT2D eigenvalue weighted by atomic mass is 16.5. The molecule has 0 saturated carbocycles. The van der Waals surface area contributed by atoms with Gasteiger partial charge in [-0.05, 0) is 41.2 Å². The number of ether oxygens (including phenoxy) is 2. The Bertz CT molecular complexity index is 1610. The number of imidazole rings is 1. The van der Waals surface area contributed by atoms with Crippen molar-refractivity contribution < 1.29 is 14.6 Å². The largest absolute Gasteiger partial charge is 0.497 e. The molecular formula is C31H31N5O4. The fraction of sp³-hybridized carbons (Fsp3) is 0.258. The highest BCUT2D eigenvalue weighted by molar-refractivity contribution is 5.71. The highest BCUT2D eigenvalue weighted by Gasteiger charge is 2.38. The standard InChI is InChI=1S/C31H31N5O4/c1-20-17-26(40-25(20)18-37)36-19-32-27-28(36)33-30(34-29(27)38)35-31(21-9-5-3-6-10-21,22-11-7-4-8-12-22)23-13-15-24(39-2)16-14-23/h3-16,19-20,25-26,37H,17-18H2,1-2H3,(H2,33,34,35,38)/t20-,25+,26+/m0/s1. The van der Waals surface area contributed by atoms with Gasteiger partial charge in [-0.15, -0.1) is 0 Å². The predicted octanol–water partition coefficient (Wildman–Crippen LogP) is 4.45. The third kappa shape index (κ3) is 4.43. The molecule has 0 amide bonds. The zero-order chi connectivity index (χ0) is 27.7. The van der Waals surface area contributed by atoms with Gasteiger partial charge in [0.25, 0.3) is 5.56 Å². The van der Waals surface area contributed by atoms with Crippen LogP contribution in [-0.2, 0) is 10.3 Å². The van der Waals surface area contributed by atoms with Crippen molar-refractivity contribution in [2.45, 2.75) is 31.2 Å². The van der Waals surface area contributed by atoms with Gasteiger partial charge in [-0.2, -0.15) is 4.98 Å². The Morgan fingerprint density at radius 2 is 1.65 bits per heavy atom. The van der Waals surface area contributed by atoms with Crippen LogP contribution < -0.4 is 15.6 Å². The molecule has 0 bridgehead atoms. The summed E-state index contributed by atoms with van der Waals surface area (Å²) in [5.74, 6) is 1.18.